The van der Waals surface area contributed by atoms with Gasteiger partial charge in [-0.1, -0.05) is 47.0 Å². The topological polar surface area (TPSA) is 12.0 Å². The molecule has 1 unspecified atom stereocenters. The Morgan fingerprint density at radius 3 is 2.00 bits per heavy atom. The molecule has 1 heterocycles. The Hall–Kier alpha value is -0.0400. The van der Waals surface area contributed by atoms with E-state index in [4.69, 9.17) is 0 Å². The van der Waals surface area contributed by atoms with Crippen LogP contribution in [0.5, 0.6) is 0 Å². The molecule has 1 aliphatic heterocycles. The molecule has 1 saturated heterocycles. The van der Waals surface area contributed by atoms with E-state index in [1.807, 2.05) is 13.8 Å². The summed E-state index contributed by atoms with van der Waals surface area (Å²) in [7, 11) is 0. The van der Waals surface area contributed by atoms with Gasteiger partial charge in [0, 0.05) is 12.1 Å². The third kappa shape index (κ3) is 2.13. The second-order valence-corrected chi connectivity index (χ2v) is 4.95. The van der Waals surface area contributed by atoms with E-state index in [0.29, 0.717) is 5.54 Å². The Bertz CT molecular complexity index is 157. The van der Waals surface area contributed by atoms with Crippen molar-refractivity contribution >= 4 is 0 Å². The highest BCUT2D eigenvalue weighted by Gasteiger charge is 2.47. The van der Waals surface area contributed by atoms with E-state index in [0.717, 1.165) is 11.8 Å². The molecular formula is C13H27N. The molecule has 1 nitrogen and oxygen atoms in total. The lowest BCUT2D eigenvalue weighted by Gasteiger charge is -2.55. The summed E-state index contributed by atoms with van der Waals surface area (Å²) in [5.74, 6) is 1.85. The quantitative estimate of drug-likeness (QED) is 0.677. The molecule has 1 atom stereocenters. The van der Waals surface area contributed by atoms with Crippen molar-refractivity contribution in [1.82, 2.24) is 5.32 Å². The lowest BCUT2D eigenvalue weighted by Crippen LogP contribution is -2.67. The minimum absolute atomic E-state index is 0.590. The van der Waals surface area contributed by atoms with Crippen LogP contribution in [-0.2, 0) is 0 Å². The first kappa shape index (κ1) is 12.0. The maximum atomic E-state index is 3.69. The van der Waals surface area contributed by atoms with Crippen molar-refractivity contribution in [1.29, 1.82) is 0 Å². The van der Waals surface area contributed by atoms with E-state index < -0.39 is 0 Å². The summed E-state index contributed by atoms with van der Waals surface area (Å²) in [5.41, 5.74) is 0.590. The molecule has 1 spiro atoms. The Labute approximate surface area is 89.7 Å². The molecule has 0 radical (unpaired) electrons. The second kappa shape index (κ2) is 5.16. The van der Waals surface area contributed by atoms with Gasteiger partial charge in [0.25, 0.3) is 0 Å². The standard InChI is InChI=1S/C11H21N.C2H6/c1-9(2)10-8-12-11(10)6-4-3-5-7-11;1-2/h9-10,12H,3-8H2,1-2H3;1-2H3. The fourth-order valence-electron chi connectivity index (χ4n) is 3.11. The van der Waals surface area contributed by atoms with Crippen molar-refractivity contribution in [2.45, 2.75) is 65.3 Å². The number of rotatable bonds is 1. The molecule has 2 aliphatic rings. The van der Waals surface area contributed by atoms with Gasteiger partial charge in [-0.05, 0) is 24.7 Å². The van der Waals surface area contributed by atoms with E-state index >= 15 is 0 Å². The van der Waals surface area contributed by atoms with Crippen molar-refractivity contribution in [3.8, 4) is 0 Å². The van der Waals surface area contributed by atoms with Crippen LogP contribution < -0.4 is 5.32 Å². The zero-order valence-corrected chi connectivity index (χ0v) is 10.4. The molecule has 2 fully saturated rings. The number of hydrogen-bond donors (Lipinski definition) is 1. The predicted octanol–water partition coefficient (Wildman–Crippen LogP) is 3.59. The molecule has 0 aromatic carbocycles. The van der Waals surface area contributed by atoms with E-state index in [2.05, 4.69) is 19.2 Å². The minimum atomic E-state index is 0.590. The third-order valence-electron chi connectivity index (χ3n) is 3.93. The first-order chi connectivity index (χ1) is 6.75. The van der Waals surface area contributed by atoms with Crippen molar-refractivity contribution in [2.24, 2.45) is 11.8 Å². The summed E-state index contributed by atoms with van der Waals surface area (Å²) >= 11 is 0. The molecule has 0 amide bonds. The van der Waals surface area contributed by atoms with E-state index in [1.165, 1.54) is 38.6 Å². The van der Waals surface area contributed by atoms with Crippen LogP contribution in [0.3, 0.4) is 0 Å². The van der Waals surface area contributed by atoms with Crippen LogP contribution in [0, 0.1) is 11.8 Å². The van der Waals surface area contributed by atoms with Gasteiger partial charge in [0.15, 0.2) is 0 Å². The average Bonchev–Trinajstić information content (AvgIpc) is 2.20. The largest absolute Gasteiger partial charge is 0.311 e. The van der Waals surface area contributed by atoms with Crippen molar-refractivity contribution < 1.29 is 0 Å². The fraction of sp³-hybridized carbons (Fsp3) is 1.00. The molecule has 0 bridgehead atoms. The molecule has 0 aromatic rings. The highest BCUT2D eigenvalue weighted by Crippen LogP contribution is 2.42. The van der Waals surface area contributed by atoms with Gasteiger partial charge in [-0.15, -0.1) is 0 Å². The molecule has 2 rings (SSSR count). The van der Waals surface area contributed by atoms with E-state index in [9.17, 15) is 0 Å². The van der Waals surface area contributed by atoms with E-state index in [-0.39, 0.29) is 0 Å². The van der Waals surface area contributed by atoms with Crippen molar-refractivity contribution in [2.75, 3.05) is 6.54 Å². The molecule has 1 aliphatic carbocycles. The SMILES string of the molecule is CC.CC(C)C1CNC12CCCCC2. The molecule has 0 aromatic heterocycles. The lowest BCUT2D eigenvalue weighted by molar-refractivity contribution is 0.0257. The van der Waals surface area contributed by atoms with Crippen LogP contribution in [0.15, 0.2) is 0 Å². The molecular weight excluding hydrogens is 170 g/mol. The monoisotopic (exact) mass is 197 g/mol. The van der Waals surface area contributed by atoms with Gasteiger partial charge >= 0.3 is 0 Å². The van der Waals surface area contributed by atoms with Gasteiger partial charge in [0.1, 0.15) is 0 Å². The normalized spacial score (nSPS) is 29.4. The van der Waals surface area contributed by atoms with Gasteiger partial charge < -0.3 is 5.32 Å². The first-order valence-corrected chi connectivity index (χ1v) is 6.50. The van der Waals surface area contributed by atoms with Gasteiger partial charge in [-0.2, -0.15) is 0 Å². The summed E-state index contributed by atoms with van der Waals surface area (Å²) in [6, 6.07) is 0. The zero-order chi connectivity index (χ0) is 10.6. The van der Waals surface area contributed by atoms with Gasteiger partial charge in [-0.25, -0.2) is 0 Å². The summed E-state index contributed by atoms with van der Waals surface area (Å²) in [6.07, 6.45) is 7.26. The smallest absolute Gasteiger partial charge is 0.0224 e. The van der Waals surface area contributed by atoms with Crippen LogP contribution in [0.25, 0.3) is 0 Å². The molecule has 1 N–H and O–H groups in total. The average molecular weight is 197 g/mol. The lowest BCUT2D eigenvalue weighted by atomic mass is 9.63. The second-order valence-electron chi connectivity index (χ2n) is 4.95. The summed E-state index contributed by atoms with van der Waals surface area (Å²) in [5, 5.41) is 3.69. The van der Waals surface area contributed by atoms with Crippen LogP contribution in [0.4, 0.5) is 0 Å². The minimum Gasteiger partial charge on any atom is -0.311 e. The first-order valence-electron chi connectivity index (χ1n) is 6.50. The maximum Gasteiger partial charge on any atom is 0.0224 e. The van der Waals surface area contributed by atoms with Gasteiger partial charge in [-0.3, -0.25) is 0 Å². The van der Waals surface area contributed by atoms with Gasteiger partial charge in [0.05, 0.1) is 0 Å². The summed E-state index contributed by atoms with van der Waals surface area (Å²) < 4.78 is 0. The fourth-order valence-corrected chi connectivity index (χ4v) is 3.11. The summed E-state index contributed by atoms with van der Waals surface area (Å²) in [6.45, 7) is 10.0. The van der Waals surface area contributed by atoms with Crippen LogP contribution in [0.2, 0.25) is 0 Å². The molecule has 1 heteroatoms. The van der Waals surface area contributed by atoms with Crippen molar-refractivity contribution in [3.05, 3.63) is 0 Å². The Morgan fingerprint density at radius 2 is 1.64 bits per heavy atom. The predicted molar refractivity (Wildman–Crippen MR) is 63.5 cm³/mol. The third-order valence-corrected chi connectivity index (χ3v) is 3.93. The van der Waals surface area contributed by atoms with E-state index in [1.54, 1.807) is 0 Å². The molecule has 14 heavy (non-hydrogen) atoms. The van der Waals surface area contributed by atoms with Crippen LogP contribution >= 0.6 is 0 Å². The Balaban J connectivity index is 0.000000461. The zero-order valence-electron chi connectivity index (χ0n) is 10.4. The van der Waals surface area contributed by atoms with Crippen molar-refractivity contribution in [3.63, 3.8) is 0 Å². The number of hydrogen-bond acceptors (Lipinski definition) is 1. The number of nitrogens with one attached hydrogen (secondary N) is 1. The maximum absolute atomic E-state index is 3.69. The highest BCUT2D eigenvalue weighted by molar-refractivity contribution is 5.05. The highest BCUT2D eigenvalue weighted by atomic mass is 15.1. The summed E-state index contributed by atoms with van der Waals surface area (Å²) in [4.78, 5) is 0. The molecule has 1 saturated carbocycles. The molecule has 84 valence electrons. The van der Waals surface area contributed by atoms with Crippen LogP contribution in [-0.4, -0.2) is 12.1 Å². The Kier molecular flexibility index (Phi) is 4.43. The van der Waals surface area contributed by atoms with Gasteiger partial charge in [0.2, 0.25) is 0 Å². The Morgan fingerprint density at radius 1 is 1.07 bits per heavy atom. The van der Waals surface area contributed by atoms with Crippen LogP contribution in [0.1, 0.15) is 59.8 Å².